The van der Waals surface area contributed by atoms with Crippen molar-refractivity contribution in [1.82, 2.24) is 5.32 Å². The van der Waals surface area contributed by atoms with Gasteiger partial charge in [-0.3, -0.25) is 0 Å². The van der Waals surface area contributed by atoms with Gasteiger partial charge in [0.2, 0.25) is 0 Å². The number of urea groups is 1. The van der Waals surface area contributed by atoms with Gasteiger partial charge in [-0.25, -0.2) is 4.79 Å². The van der Waals surface area contributed by atoms with Crippen LogP contribution in [0.15, 0.2) is 29.4 Å². The smallest absolute Gasteiger partial charge is 0.319 e. The molecule has 0 heterocycles. The Hall–Kier alpha value is -2.24. The van der Waals surface area contributed by atoms with Crippen LogP contribution in [0.1, 0.15) is 45.4 Å². The van der Waals surface area contributed by atoms with E-state index in [2.05, 4.69) is 20.7 Å². The maximum atomic E-state index is 12.2. The van der Waals surface area contributed by atoms with Crippen LogP contribution in [0, 0.1) is 17.8 Å². The monoisotopic (exact) mass is 369 g/mol. The number of benzene rings is 1. The number of ether oxygens (including phenoxy) is 1. The van der Waals surface area contributed by atoms with Crippen molar-refractivity contribution in [3.05, 3.63) is 34.7 Å². The first kappa shape index (κ1) is 18.1. The first-order valence-electron chi connectivity index (χ1n) is 9.91. The van der Waals surface area contributed by atoms with Crippen LogP contribution < -0.4 is 10.6 Å². The van der Waals surface area contributed by atoms with Crippen LogP contribution in [-0.2, 0) is 4.74 Å². The molecule has 0 aromatic heterocycles. The summed E-state index contributed by atoms with van der Waals surface area (Å²) in [5.41, 5.74) is 9.61. The summed E-state index contributed by atoms with van der Waals surface area (Å²) < 4.78 is 6.50. The van der Waals surface area contributed by atoms with Crippen LogP contribution >= 0.6 is 0 Å². The number of hydrogen-bond acceptors (Lipinski definition) is 3. The van der Waals surface area contributed by atoms with Crippen molar-refractivity contribution >= 4 is 17.4 Å². The Morgan fingerprint density at radius 2 is 1.96 bits per heavy atom. The second kappa shape index (κ2) is 7.41. The first-order valence-corrected chi connectivity index (χ1v) is 9.91. The number of nitrogens with zero attached hydrogens (tertiary/aromatic N) is 3. The molecule has 0 aliphatic heterocycles. The number of azide groups is 1. The highest BCUT2D eigenvalue weighted by molar-refractivity contribution is 5.89. The maximum Gasteiger partial charge on any atom is 0.319 e. The minimum absolute atomic E-state index is 0.0125. The fourth-order valence-corrected chi connectivity index (χ4v) is 5.75. The predicted octanol–water partition coefficient (Wildman–Crippen LogP) is 5.12. The molecule has 27 heavy (non-hydrogen) atoms. The molecule has 0 saturated heterocycles. The van der Waals surface area contributed by atoms with Crippen LogP contribution in [0.5, 0.6) is 0 Å². The number of hydrogen-bond donors (Lipinski definition) is 2. The summed E-state index contributed by atoms with van der Waals surface area (Å²) in [5.74, 6) is 2.55. The summed E-state index contributed by atoms with van der Waals surface area (Å²) in [6.45, 7) is 2.52. The zero-order valence-electron chi connectivity index (χ0n) is 15.7. The average molecular weight is 369 g/mol. The van der Waals surface area contributed by atoms with Crippen molar-refractivity contribution in [2.24, 2.45) is 22.9 Å². The van der Waals surface area contributed by atoms with Gasteiger partial charge in [-0.1, -0.05) is 17.2 Å². The van der Waals surface area contributed by atoms with Crippen molar-refractivity contribution in [3.63, 3.8) is 0 Å². The number of nitrogens with one attached hydrogen (secondary N) is 2. The number of anilines is 1. The first-order chi connectivity index (χ1) is 13.0. The van der Waals surface area contributed by atoms with Gasteiger partial charge >= 0.3 is 6.03 Å². The SMILES string of the molecule is CC(CNC(=O)Nc1cccc(N=[N+]=[N-])c1)OC12CC3CC(CC(C3)C1)C2. The molecule has 2 N–H and O–H groups in total. The number of amides is 2. The second-order valence-electron chi connectivity index (χ2n) is 8.60. The standard InChI is InChI=1S/C20H27N5O2/c1-13(27-20-9-14-5-15(10-20)7-16(6-14)11-20)12-22-19(26)23-17-3-2-4-18(8-17)24-25-21/h2-4,8,13-16H,5-7,9-12H2,1H3,(H2,22,23,26). The molecule has 2 amide bonds. The minimum atomic E-state index is -0.283. The predicted molar refractivity (Wildman–Crippen MR) is 104 cm³/mol. The molecule has 4 aliphatic carbocycles. The van der Waals surface area contributed by atoms with E-state index in [9.17, 15) is 4.79 Å². The Labute approximate surface area is 159 Å². The van der Waals surface area contributed by atoms with E-state index >= 15 is 0 Å². The summed E-state index contributed by atoms with van der Waals surface area (Å²) >= 11 is 0. The molecule has 4 saturated carbocycles. The topological polar surface area (TPSA) is 99.1 Å². The molecule has 7 nitrogen and oxygen atoms in total. The summed E-state index contributed by atoms with van der Waals surface area (Å²) in [7, 11) is 0. The Kier molecular flexibility index (Phi) is 4.98. The zero-order chi connectivity index (χ0) is 18.9. The van der Waals surface area contributed by atoms with Crippen molar-refractivity contribution in [3.8, 4) is 0 Å². The molecule has 0 spiro atoms. The molecular formula is C20H27N5O2. The quantitative estimate of drug-likeness (QED) is 0.413. The number of rotatable bonds is 6. The molecular weight excluding hydrogens is 342 g/mol. The molecule has 144 valence electrons. The van der Waals surface area contributed by atoms with Gasteiger partial charge in [0, 0.05) is 22.8 Å². The summed E-state index contributed by atoms with van der Waals surface area (Å²) in [5, 5.41) is 9.19. The molecule has 4 aliphatic rings. The van der Waals surface area contributed by atoms with E-state index in [1.807, 2.05) is 6.92 Å². The van der Waals surface area contributed by atoms with Crippen LogP contribution in [0.4, 0.5) is 16.2 Å². The fourth-order valence-electron chi connectivity index (χ4n) is 5.75. The van der Waals surface area contributed by atoms with Crippen molar-refractivity contribution in [2.75, 3.05) is 11.9 Å². The molecule has 0 radical (unpaired) electrons. The lowest BCUT2D eigenvalue weighted by Crippen LogP contribution is -2.54. The van der Waals surface area contributed by atoms with Gasteiger partial charge in [0.25, 0.3) is 0 Å². The third-order valence-corrected chi connectivity index (χ3v) is 6.25. The molecule has 4 bridgehead atoms. The molecule has 1 unspecified atom stereocenters. The summed E-state index contributed by atoms with van der Waals surface area (Å²) in [6, 6.07) is 6.52. The van der Waals surface area contributed by atoms with E-state index in [-0.39, 0.29) is 17.7 Å². The van der Waals surface area contributed by atoms with E-state index in [1.54, 1.807) is 24.3 Å². The Morgan fingerprint density at radius 1 is 1.30 bits per heavy atom. The van der Waals surface area contributed by atoms with Gasteiger partial charge in [0.15, 0.2) is 0 Å². The molecule has 1 aromatic carbocycles. The maximum absolute atomic E-state index is 12.2. The highest BCUT2D eigenvalue weighted by atomic mass is 16.5. The lowest BCUT2D eigenvalue weighted by molar-refractivity contribution is -0.182. The van der Waals surface area contributed by atoms with Crippen molar-refractivity contribution in [1.29, 1.82) is 0 Å². The Balaban J connectivity index is 1.27. The Morgan fingerprint density at radius 3 is 2.59 bits per heavy atom. The third kappa shape index (κ3) is 4.20. The lowest BCUT2D eigenvalue weighted by Gasteiger charge is -2.57. The normalized spacial score (nSPS) is 31.8. The van der Waals surface area contributed by atoms with Gasteiger partial charge in [-0.15, -0.1) is 0 Å². The third-order valence-electron chi connectivity index (χ3n) is 6.25. The molecule has 4 fully saturated rings. The van der Waals surface area contributed by atoms with Gasteiger partial charge in [-0.05, 0) is 80.9 Å². The van der Waals surface area contributed by atoms with Gasteiger partial charge < -0.3 is 15.4 Å². The van der Waals surface area contributed by atoms with Crippen molar-refractivity contribution in [2.45, 2.75) is 57.2 Å². The van der Waals surface area contributed by atoms with E-state index in [0.29, 0.717) is 17.9 Å². The van der Waals surface area contributed by atoms with Crippen molar-refractivity contribution < 1.29 is 9.53 Å². The molecule has 1 atom stereocenters. The van der Waals surface area contributed by atoms with E-state index in [4.69, 9.17) is 10.3 Å². The van der Waals surface area contributed by atoms with E-state index in [0.717, 1.165) is 17.8 Å². The average Bonchev–Trinajstić information content (AvgIpc) is 2.59. The highest BCUT2D eigenvalue weighted by Gasteiger charge is 2.52. The Bertz CT molecular complexity index is 723. The lowest BCUT2D eigenvalue weighted by atomic mass is 9.54. The highest BCUT2D eigenvalue weighted by Crippen LogP contribution is 2.57. The molecule has 7 heteroatoms. The largest absolute Gasteiger partial charge is 0.370 e. The van der Waals surface area contributed by atoms with E-state index < -0.39 is 0 Å². The van der Waals surface area contributed by atoms with Crippen LogP contribution in [0.2, 0.25) is 0 Å². The zero-order valence-corrected chi connectivity index (χ0v) is 15.7. The van der Waals surface area contributed by atoms with Gasteiger partial charge in [0.1, 0.15) is 0 Å². The van der Waals surface area contributed by atoms with Crippen LogP contribution in [-0.4, -0.2) is 24.3 Å². The fraction of sp³-hybridized carbons (Fsp3) is 0.650. The van der Waals surface area contributed by atoms with Gasteiger partial charge in [-0.2, -0.15) is 0 Å². The summed E-state index contributed by atoms with van der Waals surface area (Å²) in [4.78, 5) is 14.9. The molecule has 1 aromatic rings. The minimum Gasteiger partial charge on any atom is -0.370 e. The van der Waals surface area contributed by atoms with Crippen LogP contribution in [0.3, 0.4) is 0 Å². The number of carbonyl (C=O) groups excluding carboxylic acids is 1. The van der Waals surface area contributed by atoms with Gasteiger partial charge in [0.05, 0.1) is 11.7 Å². The van der Waals surface area contributed by atoms with Crippen LogP contribution in [0.25, 0.3) is 10.4 Å². The van der Waals surface area contributed by atoms with E-state index in [1.165, 1.54) is 38.5 Å². The summed E-state index contributed by atoms with van der Waals surface area (Å²) in [6.07, 6.45) is 7.76. The number of carbonyl (C=O) groups is 1. The second-order valence-corrected chi connectivity index (χ2v) is 8.60. The molecule has 5 rings (SSSR count).